The Labute approximate surface area is 123 Å². The molecule has 2 aromatic carbocycles. The molecule has 0 radical (unpaired) electrons. The molecular weight excluding hydrogens is 262 g/mol. The molecule has 0 aliphatic carbocycles. The van der Waals surface area contributed by atoms with Gasteiger partial charge in [-0.05, 0) is 37.1 Å². The van der Waals surface area contributed by atoms with Crippen LogP contribution in [0.3, 0.4) is 0 Å². The van der Waals surface area contributed by atoms with Gasteiger partial charge < -0.3 is 4.74 Å². The van der Waals surface area contributed by atoms with Gasteiger partial charge in [-0.15, -0.1) is 0 Å². The number of aryl methyl sites for hydroxylation is 2. The molecule has 21 heavy (non-hydrogen) atoms. The van der Waals surface area contributed by atoms with E-state index in [2.05, 4.69) is 4.99 Å². The largest absolute Gasteiger partial charge is 0.402 e. The second kappa shape index (κ2) is 5.37. The second-order valence-corrected chi connectivity index (χ2v) is 5.07. The van der Waals surface area contributed by atoms with Crippen molar-refractivity contribution in [2.45, 2.75) is 13.8 Å². The molecule has 1 aliphatic heterocycles. The summed E-state index contributed by atoms with van der Waals surface area (Å²) >= 11 is 0. The fourth-order valence-corrected chi connectivity index (χ4v) is 2.25. The number of cyclic esters (lactones) is 1. The number of esters is 1. The Morgan fingerprint density at radius 1 is 1.05 bits per heavy atom. The summed E-state index contributed by atoms with van der Waals surface area (Å²) in [5.41, 5.74) is 4.29. The van der Waals surface area contributed by atoms with Crippen molar-refractivity contribution < 1.29 is 9.53 Å². The Morgan fingerprint density at radius 3 is 2.62 bits per heavy atom. The summed E-state index contributed by atoms with van der Waals surface area (Å²) in [5, 5.41) is 0. The monoisotopic (exact) mass is 277 g/mol. The van der Waals surface area contributed by atoms with Crippen LogP contribution in [-0.2, 0) is 9.53 Å². The number of hydrogen-bond donors (Lipinski definition) is 0. The van der Waals surface area contributed by atoms with Crippen LogP contribution in [0.4, 0.5) is 0 Å². The lowest BCUT2D eigenvalue weighted by Crippen LogP contribution is -2.06. The van der Waals surface area contributed by atoms with Crippen molar-refractivity contribution in [3.8, 4) is 0 Å². The predicted octanol–water partition coefficient (Wildman–Crippen LogP) is 3.65. The molecule has 2 aromatic rings. The molecule has 0 unspecified atom stereocenters. The lowest BCUT2D eigenvalue weighted by atomic mass is 10.1. The summed E-state index contributed by atoms with van der Waals surface area (Å²) in [5.74, 6) is -0.0354. The quantitative estimate of drug-likeness (QED) is 0.621. The third-order valence-electron chi connectivity index (χ3n) is 3.34. The molecule has 0 N–H and O–H groups in total. The minimum absolute atomic E-state index is 0.332. The van der Waals surface area contributed by atoms with Crippen LogP contribution in [0.15, 0.2) is 59.2 Å². The van der Waals surface area contributed by atoms with E-state index in [0.29, 0.717) is 11.6 Å². The van der Waals surface area contributed by atoms with Gasteiger partial charge in [0.05, 0.1) is 0 Å². The van der Waals surface area contributed by atoms with E-state index < -0.39 is 5.97 Å². The first-order valence-corrected chi connectivity index (χ1v) is 6.79. The molecule has 1 aliphatic rings. The molecule has 0 spiro atoms. The number of rotatable bonds is 2. The smallest absolute Gasteiger partial charge is 0.363 e. The summed E-state index contributed by atoms with van der Waals surface area (Å²) in [6.07, 6.45) is 1.75. The van der Waals surface area contributed by atoms with E-state index in [-0.39, 0.29) is 0 Å². The van der Waals surface area contributed by atoms with Crippen molar-refractivity contribution in [2.75, 3.05) is 0 Å². The first-order valence-electron chi connectivity index (χ1n) is 6.79. The number of carbonyl (C=O) groups is 1. The maximum atomic E-state index is 12.0. The predicted molar refractivity (Wildman–Crippen MR) is 83.0 cm³/mol. The van der Waals surface area contributed by atoms with Crippen LogP contribution >= 0.6 is 0 Å². The molecule has 3 nitrogen and oxygen atoms in total. The summed E-state index contributed by atoms with van der Waals surface area (Å²) in [4.78, 5) is 16.3. The van der Waals surface area contributed by atoms with Gasteiger partial charge in [-0.3, -0.25) is 0 Å². The van der Waals surface area contributed by atoms with Crippen molar-refractivity contribution in [2.24, 2.45) is 4.99 Å². The number of hydrogen-bond acceptors (Lipinski definition) is 3. The van der Waals surface area contributed by atoms with Crippen molar-refractivity contribution >= 4 is 17.9 Å². The molecule has 0 amide bonds. The lowest BCUT2D eigenvalue weighted by Gasteiger charge is -2.02. The standard InChI is InChI=1S/C18H15NO2/c1-12-6-5-8-14(10-12)11-16-18(20)21-17(19-16)15-9-4-3-7-13(15)2/h3-11H,1-2H3/b16-11+. The molecule has 0 saturated carbocycles. The summed E-state index contributed by atoms with van der Waals surface area (Å²) in [6, 6.07) is 15.6. The summed E-state index contributed by atoms with van der Waals surface area (Å²) in [7, 11) is 0. The third kappa shape index (κ3) is 2.77. The molecule has 0 bridgehead atoms. The van der Waals surface area contributed by atoms with Gasteiger partial charge in [0.15, 0.2) is 5.70 Å². The maximum absolute atomic E-state index is 12.0. The zero-order chi connectivity index (χ0) is 14.8. The number of aliphatic imine (C=N–C) groups is 1. The van der Waals surface area contributed by atoms with Gasteiger partial charge in [0, 0.05) is 5.56 Å². The number of benzene rings is 2. The molecular formula is C18H15NO2. The molecule has 0 fully saturated rings. The molecule has 3 heteroatoms. The lowest BCUT2D eigenvalue weighted by molar-refractivity contribution is -0.129. The van der Waals surface area contributed by atoms with Gasteiger partial charge in [-0.2, -0.15) is 0 Å². The van der Waals surface area contributed by atoms with Crippen LogP contribution in [0.1, 0.15) is 22.3 Å². The van der Waals surface area contributed by atoms with E-state index in [9.17, 15) is 4.79 Å². The summed E-state index contributed by atoms with van der Waals surface area (Å²) < 4.78 is 5.29. The van der Waals surface area contributed by atoms with Crippen LogP contribution < -0.4 is 0 Å². The average Bonchev–Trinajstić information content (AvgIpc) is 2.80. The minimum atomic E-state index is -0.408. The topological polar surface area (TPSA) is 38.7 Å². The van der Waals surface area contributed by atoms with E-state index in [4.69, 9.17) is 4.74 Å². The maximum Gasteiger partial charge on any atom is 0.363 e. The van der Waals surface area contributed by atoms with Crippen molar-refractivity contribution in [1.29, 1.82) is 0 Å². The van der Waals surface area contributed by atoms with Crippen molar-refractivity contribution in [3.05, 3.63) is 76.5 Å². The highest BCUT2D eigenvalue weighted by Crippen LogP contribution is 2.21. The Bertz CT molecular complexity index is 772. The van der Waals surface area contributed by atoms with Crippen LogP contribution in [0, 0.1) is 13.8 Å². The zero-order valence-corrected chi connectivity index (χ0v) is 12.0. The fourth-order valence-electron chi connectivity index (χ4n) is 2.25. The normalized spacial score (nSPS) is 16.0. The molecule has 0 aromatic heterocycles. The molecule has 104 valence electrons. The second-order valence-electron chi connectivity index (χ2n) is 5.07. The first kappa shape index (κ1) is 13.3. The number of ether oxygens (including phenoxy) is 1. The van der Waals surface area contributed by atoms with Crippen LogP contribution in [0.5, 0.6) is 0 Å². The van der Waals surface area contributed by atoms with Crippen LogP contribution in [-0.4, -0.2) is 11.9 Å². The van der Waals surface area contributed by atoms with Crippen molar-refractivity contribution in [1.82, 2.24) is 0 Å². The fraction of sp³-hybridized carbons (Fsp3) is 0.111. The number of carbonyl (C=O) groups excluding carboxylic acids is 1. The highest BCUT2D eigenvalue weighted by atomic mass is 16.6. The van der Waals surface area contributed by atoms with E-state index in [1.165, 1.54) is 0 Å². The third-order valence-corrected chi connectivity index (χ3v) is 3.34. The molecule has 0 atom stereocenters. The van der Waals surface area contributed by atoms with E-state index in [1.54, 1.807) is 6.08 Å². The Kier molecular flexibility index (Phi) is 3.40. The highest BCUT2D eigenvalue weighted by Gasteiger charge is 2.24. The first-order chi connectivity index (χ1) is 10.1. The molecule has 1 heterocycles. The van der Waals surface area contributed by atoms with Crippen molar-refractivity contribution in [3.63, 3.8) is 0 Å². The van der Waals surface area contributed by atoms with Gasteiger partial charge in [0.25, 0.3) is 0 Å². The average molecular weight is 277 g/mol. The van der Waals surface area contributed by atoms with Gasteiger partial charge in [0.1, 0.15) is 0 Å². The molecule has 0 saturated heterocycles. The minimum Gasteiger partial charge on any atom is -0.402 e. The van der Waals surface area contributed by atoms with Crippen LogP contribution in [0.25, 0.3) is 6.08 Å². The van der Waals surface area contributed by atoms with Gasteiger partial charge >= 0.3 is 5.97 Å². The molecule has 3 rings (SSSR count). The van der Waals surface area contributed by atoms with E-state index in [0.717, 1.165) is 22.3 Å². The summed E-state index contributed by atoms with van der Waals surface area (Å²) in [6.45, 7) is 3.98. The van der Waals surface area contributed by atoms with Gasteiger partial charge in [-0.1, -0.05) is 48.0 Å². The highest BCUT2D eigenvalue weighted by molar-refractivity contribution is 6.13. The Hall–Kier alpha value is -2.68. The van der Waals surface area contributed by atoms with E-state index >= 15 is 0 Å². The Balaban J connectivity index is 1.98. The number of nitrogens with zero attached hydrogens (tertiary/aromatic N) is 1. The SMILES string of the molecule is Cc1cccc(/C=C2/N=C(c3ccccc3C)OC2=O)c1. The van der Waals surface area contributed by atoms with E-state index in [1.807, 2.05) is 62.4 Å². The van der Waals surface area contributed by atoms with Gasteiger partial charge in [-0.25, -0.2) is 9.79 Å². The van der Waals surface area contributed by atoms with Crippen LogP contribution in [0.2, 0.25) is 0 Å². The zero-order valence-electron chi connectivity index (χ0n) is 12.0. The van der Waals surface area contributed by atoms with Gasteiger partial charge in [0.2, 0.25) is 5.90 Å². The Morgan fingerprint density at radius 2 is 1.86 bits per heavy atom.